The van der Waals surface area contributed by atoms with E-state index in [9.17, 15) is 0 Å². The topological polar surface area (TPSA) is 3.24 Å². The average molecular weight is 223 g/mol. The molecule has 3 atom stereocenters. The van der Waals surface area contributed by atoms with Crippen LogP contribution in [0.3, 0.4) is 0 Å². The monoisotopic (exact) mass is 223 g/mol. The zero-order valence-electron chi connectivity index (χ0n) is 11.6. The molecule has 0 aliphatic carbocycles. The van der Waals surface area contributed by atoms with E-state index in [0.717, 1.165) is 29.8 Å². The van der Waals surface area contributed by atoms with Gasteiger partial charge in [-0.3, -0.25) is 4.90 Å². The molecule has 0 N–H and O–H groups in total. The van der Waals surface area contributed by atoms with Gasteiger partial charge in [0.25, 0.3) is 0 Å². The quantitative estimate of drug-likeness (QED) is 0.698. The summed E-state index contributed by atoms with van der Waals surface area (Å²) in [7, 11) is 0. The van der Waals surface area contributed by atoms with Crippen LogP contribution in [0.15, 0.2) is 0 Å². The van der Waals surface area contributed by atoms with Gasteiger partial charge >= 0.3 is 0 Å². The highest BCUT2D eigenvalue weighted by Gasteiger charge is 2.40. The zero-order valence-corrected chi connectivity index (χ0v) is 11.6. The molecule has 0 aromatic rings. The first-order chi connectivity index (χ1) is 7.56. The summed E-state index contributed by atoms with van der Waals surface area (Å²) in [4.78, 5) is 2.83. The molecule has 1 nitrogen and oxygen atoms in total. The summed E-state index contributed by atoms with van der Waals surface area (Å²) < 4.78 is 0. The molecule has 16 heavy (non-hydrogen) atoms. The molecule has 2 aliphatic rings. The molecule has 1 heteroatoms. The van der Waals surface area contributed by atoms with Gasteiger partial charge in [0.1, 0.15) is 0 Å². The Morgan fingerprint density at radius 1 is 0.938 bits per heavy atom. The lowest BCUT2D eigenvalue weighted by Crippen LogP contribution is -2.44. The third-order valence-corrected chi connectivity index (χ3v) is 4.36. The second-order valence-electron chi connectivity index (χ2n) is 6.94. The van der Waals surface area contributed by atoms with Gasteiger partial charge in [0.2, 0.25) is 0 Å². The third kappa shape index (κ3) is 2.80. The number of fused-ring (bicyclic) bond motifs is 2. The van der Waals surface area contributed by atoms with Gasteiger partial charge in [0.05, 0.1) is 0 Å². The molecule has 0 saturated carbocycles. The van der Waals surface area contributed by atoms with Crippen LogP contribution >= 0.6 is 0 Å². The number of rotatable bonds is 4. The molecule has 2 aliphatic heterocycles. The predicted octanol–water partition coefficient (Wildman–Crippen LogP) is 3.93. The fourth-order valence-corrected chi connectivity index (χ4v) is 3.97. The molecule has 0 radical (unpaired) electrons. The van der Waals surface area contributed by atoms with Gasteiger partial charge in [-0.15, -0.1) is 0 Å². The van der Waals surface area contributed by atoms with E-state index in [-0.39, 0.29) is 0 Å². The highest BCUT2D eigenvalue weighted by Crippen LogP contribution is 2.41. The molecule has 2 saturated heterocycles. The lowest BCUT2D eigenvalue weighted by molar-refractivity contribution is 0.0836. The lowest BCUT2D eigenvalue weighted by Gasteiger charge is -2.40. The van der Waals surface area contributed by atoms with Crippen molar-refractivity contribution >= 4 is 0 Å². The molecular formula is C15H29N. The Labute approximate surface area is 102 Å². The molecule has 0 spiro atoms. The number of hydrogen-bond donors (Lipinski definition) is 0. The standard InChI is InChI=1S/C15H29N/c1-11(2)7-13-8-14-5-6-15(9-13)16(14)10-12(3)4/h11-15H,5-10H2,1-4H3/t13?,14-,15+. The van der Waals surface area contributed by atoms with Crippen LogP contribution in [0.4, 0.5) is 0 Å². The molecule has 94 valence electrons. The van der Waals surface area contributed by atoms with E-state index < -0.39 is 0 Å². The Kier molecular flexibility index (Phi) is 3.94. The normalized spacial score (nSPS) is 35.2. The van der Waals surface area contributed by atoms with Gasteiger partial charge in [-0.25, -0.2) is 0 Å². The van der Waals surface area contributed by atoms with E-state index in [1.807, 2.05) is 0 Å². The van der Waals surface area contributed by atoms with Crippen molar-refractivity contribution in [2.75, 3.05) is 6.54 Å². The largest absolute Gasteiger partial charge is 0.297 e. The average Bonchev–Trinajstić information content (AvgIpc) is 2.43. The van der Waals surface area contributed by atoms with Crippen LogP contribution in [0.2, 0.25) is 0 Å². The fourth-order valence-electron chi connectivity index (χ4n) is 3.97. The summed E-state index contributed by atoms with van der Waals surface area (Å²) in [5, 5.41) is 0. The van der Waals surface area contributed by atoms with Gasteiger partial charge in [-0.1, -0.05) is 27.7 Å². The van der Waals surface area contributed by atoms with Crippen LogP contribution in [0.25, 0.3) is 0 Å². The van der Waals surface area contributed by atoms with Crippen LogP contribution in [-0.2, 0) is 0 Å². The van der Waals surface area contributed by atoms with Gasteiger partial charge in [-0.05, 0) is 49.9 Å². The summed E-state index contributed by atoms with van der Waals surface area (Å²) in [5.41, 5.74) is 0. The highest BCUT2D eigenvalue weighted by molar-refractivity contribution is 4.95. The minimum Gasteiger partial charge on any atom is -0.297 e. The van der Waals surface area contributed by atoms with Crippen LogP contribution < -0.4 is 0 Å². The Balaban J connectivity index is 1.90. The van der Waals surface area contributed by atoms with Crippen LogP contribution in [0.1, 0.15) is 59.8 Å². The van der Waals surface area contributed by atoms with Crippen LogP contribution in [0.5, 0.6) is 0 Å². The van der Waals surface area contributed by atoms with Gasteiger partial charge in [0.15, 0.2) is 0 Å². The van der Waals surface area contributed by atoms with E-state index in [1.54, 1.807) is 0 Å². The van der Waals surface area contributed by atoms with Crippen molar-refractivity contribution in [3.05, 3.63) is 0 Å². The molecule has 2 fully saturated rings. The van der Waals surface area contributed by atoms with Gasteiger partial charge in [-0.2, -0.15) is 0 Å². The molecule has 0 amide bonds. The first kappa shape index (κ1) is 12.4. The van der Waals surface area contributed by atoms with Gasteiger partial charge < -0.3 is 0 Å². The Bertz CT molecular complexity index is 207. The van der Waals surface area contributed by atoms with E-state index in [2.05, 4.69) is 32.6 Å². The lowest BCUT2D eigenvalue weighted by atomic mass is 9.84. The highest BCUT2D eigenvalue weighted by atomic mass is 15.2. The summed E-state index contributed by atoms with van der Waals surface area (Å²) in [6, 6.07) is 1.87. The first-order valence-electron chi connectivity index (χ1n) is 7.32. The van der Waals surface area contributed by atoms with E-state index in [0.29, 0.717) is 0 Å². The van der Waals surface area contributed by atoms with E-state index >= 15 is 0 Å². The minimum absolute atomic E-state index is 0.838. The maximum Gasteiger partial charge on any atom is 0.0101 e. The van der Waals surface area contributed by atoms with Crippen molar-refractivity contribution in [1.29, 1.82) is 0 Å². The fraction of sp³-hybridized carbons (Fsp3) is 1.00. The molecule has 1 unspecified atom stereocenters. The zero-order chi connectivity index (χ0) is 11.7. The van der Waals surface area contributed by atoms with Crippen molar-refractivity contribution in [3.63, 3.8) is 0 Å². The second kappa shape index (κ2) is 5.08. The van der Waals surface area contributed by atoms with Crippen molar-refractivity contribution in [2.24, 2.45) is 17.8 Å². The Morgan fingerprint density at radius 2 is 1.50 bits per heavy atom. The number of hydrogen-bond acceptors (Lipinski definition) is 1. The summed E-state index contributed by atoms with van der Waals surface area (Å²) in [5.74, 6) is 2.76. The molecular weight excluding hydrogens is 194 g/mol. The Morgan fingerprint density at radius 3 is 1.94 bits per heavy atom. The maximum absolute atomic E-state index is 2.83. The molecule has 2 heterocycles. The summed E-state index contributed by atoms with van der Waals surface area (Å²) in [6.07, 6.45) is 7.39. The van der Waals surface area contributed by atoms with Crippen molar-refractivity contribution in [3.8, 4) is 0 Å². The molecule has 2 bridgehead atoms. The van der Waals surface area contributed by atoms with Crippen molar-refractivity contribution in [2.45, 2.75) is 71.9 Å². The molecule has 0 aromatic carbocycles. The van der Waals surface area contributed by atoms with Crippen LogP contribution in [0, 0.1) is 17.8 Å². The SMILES string of the molecule is CC(C)CC1C[C@H]2CC[C@@H](C1)N2CC(C)C. The van der Waals surface area contributed by atoms with Crippen LogP contribution in [-0.4, -0.2) is 23.5 Å². The second-order valence-corrected chi connectivity index (χ2v) is 6.94. The number of nitrogens with zero attached hydrogens (tertiary/aromatic N) is 1. The van der Waals surface area contributed by atoms with Crippen molar-refractivity contribution in [1.82, 2.24) is 4.90 Å². The maximum atomic E-state index is 2.83. The van der Waals surface area contributed by atoms with E-state index in [1.165, 1.54) is 38.6 Å². The van der Waals surface area contributed by atoms with Gasteiger partial charge in [0, 0.05) is 18.6 Å². The summed E-state index contributed by atoms with van der Waals surface area (Å²) in [6.45, 7) is 10.8. The predicted molar refractivity (Wildman–Crippen MR) is 70.5 cm³/mol. The molecule has 2 rings (SSSR count). The third-order valence-electron chi connectivity index (χ3n) is 4.36. The van der Waals surface area contributed by atoms with Crippen molar-refractivity contribution < 1.29 is 0 Å². The van der Waals surface area contributed by atoms with E-state index in [4.69, 9.17) is 0 Å². The smallest absolute Gasteiger partial charge is 0.0101 e. The minimum atomic E-state index is 0.838. The number of piperidine rings is 1. The molecule has 0 aromatic heterocycles. The first-order valence-corrected chi connectivity index (χ1v) is 7.32. The summed E-state index contributed by atoms with van der Waals surface area (Å²) >= 11 is 0. The Hall–Kier alpha value is -0.0400.